The fraction of sp³-hybridized carbons (Fsp3) is 0.643. The summed E-state index contributed by atoms with van der Waals surface area (Å²) in [5, 5.41) is 12.4. The molecule has 1 aliphatic rings. The van der Waals surface area contributed by atoms with Crippen molar-refractivity contribution in [3.05, 3.63) is 23.3 Å². The van der Waals surface area contributed by atoms with Gasteiger partial charge in [0.05, 0.1) is 6.10 Å². The molecule has 2 rings (SSSR count). The fourth-order valence-electron chi connectivity index (χ4n) is 2.59. The zero-order chi connectivity index (χ0) is 14.0. The van der Waals surface area contributed by atoms with E-state index in [-0.39, 0.29) is 18.1 Å². The van der Waals surface area contributed by atoms with E-state index < -0.39 is 0 Å². The number of hydrogen-bond donors (Lipinski definition) is 2. The first-order chi connectivity index (χ1) is 8.99. The highest BCUT2D eigenvalue weighted by Crippen LogP contribution is 2.31. The minimum atomic E-state index is -0.195. The van der Waals surface area contributed by atoms with Gasteiger partial charge in [-0.05, 0) is 45.1 Å². The number of carbonyl (C=O) groups excluding carboxylic acids is 1. The lowest BCUT2D eigenvalue weighted by atomic mass is 9.76. The molecule has 0 bridgehead atoms. The van der Waals surface area contributed by atoms with Gasteiger partial charge in [0.2, 0.25) is 0 Å². The molecule has 1 aromatic rings. The number of aromatic nitrogens is 2. The van der Waals surface area contributed by atoms with Crippen LogP contribution in [-0.2, 0) is 0 Å². The largest absolute Gasteiger partial charge is 0.393 e. The Labute approximate surface area is 113 Å². The number of hydrogen-bond acceptors (Lipinski definition) is 4. The molecule has 1 heterocycles. The first kappa shape index (κ1) is 13.9. The fourth-order valence-corrected chi connectivity index (χ4v) is 2.59. The van der Waals surface area contributed by atoms with E-state index in [4.69, 9.17) is 0 Å². The van der Waals surface area contributed by atoms with Gasteiger partial charge in [0.15, 0.2) is 0 Å². The van der Waals surface area contributed by atoms with Gasteiger partial charge in [0.1, 0.15) is 11.5 Å². The Hall–Kier alpha value is -1.49. The van der Waals surface area contributed by atoms with Crippen molar-refractivity contribution in [3.63, 3.8) is 0 Å². The van der Waals surface area contributed by atoms with Crippen LogP contribution in [0.4, 0.5) is 0 Å². The molecule has 5 nitrogen and oxygen atoms in total. The Morgan fingerprint density at radius 3 is 2.68 bits per heavy atom. The second-order valence-electron chi connectivity index (χ2n) is 5.32. The lowest BCUT2D eigenvalue weighted by Crippen LogP contribution is -2.46. The molecule has 1 fully saturated rings. The number of aryl methyl sites for hydroxylation is 2. The maximum atomic E-state index is 12.2. The topological polar surface area (TPSA) is 75.1 Å². The average molecular weight is 263 g/mol. The van der Waals surface area contributed by atoms with Gasteiger partial charge in [-0.1, -0.05) is 6.92 Å². The van der Waals surface area contributed by atoms with Gasteiger partial charge in [0.25, 0.3) is 5.91 Å². The van der Waals surface area contributed by atoms with Crippen molar-refractivity contribution >= 4 is 5.91 Å². The van der Waals surface area contributed by atoms with Crippen LogP contribution in [-0.4, -0.2) is 33.1 Å². The normalized spacial score (nSPS) is 23.6. The van der Waals surface area contributed by atoms with Gasteiger partial charge < -0.3 is 10.4 Å². The third-order valence-corrected chi connectivity index (χ3v) is 3.67. The summed E-state index contributed by atoms with van der Waals surface area (Å²) < 4.78 is 0. The molecule has 1 saturated carbocycles. The second kappa shape index (κ2) is 5.65. The SMILES string of the molecule is CC[C@@H](NC(=O)c1cc(C)nc(C)n1)C1CC(O)C1. The summed E-state index contributed by atoms with van der Waals surface area (Å²) in [4.78, 5) is 20.5. The first-order valence-electron chi connectivity index (χ1n) is 6.80. The van der Waals surface area contributed by atoms with Crippen LogP contribution in [0, 0.1) is 19.8 Å². The zero-order valence-corrected chi connectivity index (χ0v) is 11.7. The minimum Gasteiger partial charge on any atom is -0.393 e. The van der Waals surface area contributed by atoms with E-state index in [1.807, 2.05) is 13.8 Å². The minimum absolute atomic E-state index is 0.117. The lowest BCUT2D eigenvalue weighted by Gasteiger charge is -2.37. The Bertz CT molecular complexity index is 450. The monoisotopic (exact) mass is 263 g/mol. The smallest absolute Gasteiger partial charge is 0.270 e. The summed E-state index contributed by atoms with van der Waals surface area (Å²) in [5.41, 5.74) is 1.22. The van der Waals surface area contributed by atoms with E-state index in [1.54, 1.807) is 13.0 Å². The molecule has 1 amide bonds. The summed E-state index contributed by atoms with van der Waals surface area (Å²) in [5.74, 6) is 0.840. The van der Waals surface area contributed by atoms with Crippen molar-refractivity contribution in [2.75, 3.05) is 0 Å². The molecule has 5 heteroatoms. The Kier molecular flexibility index (Phi) is 4.14. The molecule has 0 aliphatic heterocycles. The van der Waals surface area contributed by atoms with Crippen LogP contribution < -0.4 is 5.32 Å². The van der Waals surface area contributed by atoms with Crippen molar-refractivity contribution in [2.45, 2.75) is 52.2 Å². The van der Waals surface area contributed by atoms with Gasteiger partial charge in [-0.3, -0.25) is 4.79 Å². The molecular formula is C14H21N3O2. The molecule has 0 aromatic carbocycles. The molecule has 0 spiro atoms. The van der Waals surface area contributed by atoms with Crippen LogP contribution in [0.25, 0.3) is 0 Å². The second-order valence-corrected chi connectivity index (χ2v) is 5.32. The predicted molar refractivity (Wildman–Crippen MR) is 71.8 cm³/mol. The van der Waals surface area contributed by atoms with Crippen LogP contribution in [0.5, 0.6) is 0 Å². The number of amides is 1. The summed E-state index contributed by atoms with van der Waals surface area (Å²) in [6.45, 7) is 5.68. The molecule has 19 heavy (non-hydrogen) atoms. The van der Waals surface area contributed by atoms with Crippen LogP contribution in [0.1, 0.15) is 48.2 Å². The molecule has 0 unspecified atom stereocenters. The highest BCUT2D eigenvalue weighted by molar-refractivity contribution is 5.92. The average Bonchev–Trinajstić information content (AvgIpc) is 2.31. The van der Waals surface area contributed by atoms with Crippen LogP contribution in [0.2, 0.25) is 0 Å². The number of nitrogens with one attached hydrogen (secondary N) is 1. The van der Waals surface area contributed by atoms with Gasteiger partial charge >= 0.3 is 0 Å². The maximum Gasteiger partial charge on any atom is 0.270 e. The molecule has 2 N–H and O–H groups in total. The van der Waals surface area contributed by atoms with Gasteiger partial charge in [-0.25, -0.2) is 9.97 Å². The quantitative estimate of drug-likeness (QED) is 0.860. The van der Waals surface area contributed by atoms with Crippen molar-refractivity contribution < 1.29 is 9.90 Å². The molecule has 1 aliphatic carbocycles. The van der Waals surface area contributed by atoms with Gasteiger partial charge in [0, 0.05) is 11.7 Å². The summed E-state index contributed by atoms with van der Waals surface area (Å²) in [7, 11) is 0. The summed E-state index contributed by atoms with van der Waals surface area (Å²) in [6.07, 6.45) is 2.23. The Morgan fingerprint density at radius 2 is 2.16 bits per heavy atom. The zero-order valence-electron chi connectivity index (χ0n) is 11.7. The van der Waals surface area contributed by atoms with Crippen LogP contribution >= 0.6 is 0 Å². The van der Waals surface area contributed by atoms with E-state index in [0.717, 1.165) is 25.0 Å². The highest BCUT2D eigenvalue weighted by atomic mass is 16.3. The third-order valence-electron chi connectivity index (χ3n) is 3.67. The molecule has 1 aromatic heterocycles. The summed E-state index contributed by atoms with van der Waals surface area (Å²) in [6, 6.07) is 1.82. The van der Waals surface area contributed by atoms with E-state index in [0.29, 0.717) is 17.4 Å². The van der Waals surface area contributed by atoms with Crippen molar-refractivity contribution in [3.8, 4) is 0 Å². The van der Waals surface area contributed by atoms with E-state index in [1.165, 1.54) is 0 Å². The molecular weight excluding hydrogens is 242 g/mol. The number of rotatable bonds is 4. The van der Waals surface area contributed by atoms with E-state index in [2.05, 4.69) is 15.3 Å². The number of carbonyl (C=O) groups is 1. The number of nitrogens with zero attached hydrogens (tertiary/aromatic N) is 2. The Balaban J connectivity index is 2.02. The van der Waals surface area contributed by atoms with Gasteiger partial charge in [-0.2, -0.15) is 0 Å². The number of aliphatic hydroxyl groups excluding tert-OH is 1. The summed E-state index contributed by atoms with van der Waals surface area (Å²) >= 11 is 0. The molecule has 0 saturated heterocycles. The van der Waals surface area contributed by atoms with Gasteiger partial charge in [-0.15, -0.1) is 0 Å². The lowest BCUT2D eigenvalue weighted by molar-refractivity contribution is 0.0232. The molecule has 1 atom stereocenters. The number of aliphatic hydroxyl groups is 1. The standard InChI is InChI=1S/C14H21N3O2/c1-4-12(10-6-11(18)7-10)17-14(19)13-5-8(2)15-9(3)16-13/h5,10-12,18H,4,6-7H2,1-3H3,(H,17,19)/t10?,11?,12-/m1/s1. The van der Waals surface area contributed by atoms with Crippen molar-refractivity contribution in [2.24, 2.45) is 5.92 Å². The molecule has 0 radical (unpaired) electrons. The maximum absolute atomic E-state index is 12.2. The first-order valence-corrected chi connectivity index (χ1v) is 6.80. The molecule has 104 valence electrons. The highest BCUT2D eigenvalue weighted by Gasteiger charge is 2.34. The third kappa shape index (κ3) is 3.29. The van der Waals surface area contributed by atoms with E-state index >= 15 is 0 Å². The van der Waals surface area contributed by atoms with Crippen molar-refractivity contribution in [1.82, 2.24) is 15.3 Å². The van der Waals surface area contributed by atoms with E-state index in [9.17, 15) is 9.90 Å². The van der Waals surface area contributed by atoms with Crippen molar-refractivity contribution in [1.29, 1.82) is 0 Å². The van der Waals surface area contributed by atoms with Crippen LogP contribution in [0.15, 0.2) is 6.07 Å². The predicted octanol–water partition coefficient (Wildman–Crippen LogP) is 1.37. The Morgan fingerprint density at radius 1 is 1.47 bits per heavy atom. The van der Waals surface area contributed by atoms with Crippen LogP contribution in [0.3, 0.4) is 0 Å².